The number of hydrogen-bond donors (Lipinski definition) is 1. The fourth-order valence-corrected chi connectivity index (χ4v) is 4.75. The molecule has 2 saturated heterocycles. The molecule has 0 aromatic carbocycles. The maximum absolute atomic E-state index is 13.0. The van der Waals surface area contributed by atoms with Gasteiger partial charge in [0, 0.05) is 45.9 Å². The predicted octanol–water partition coefficient (Wildman–Crippen LogP) is 2.63. The van der Waals surface area contributed by atoms with E-state index in [1.807, 2.05) is 9.80 Å². The first-order chi connectivity index (χ1) is 12.7. The summed E-state index contributed by atoms with van der Waals surface area (Å²) >= 11 is 0. The van der Waals surface area contributed by atoms with Gasteiger partial charge in [0.15, 0.2) is 0 Å². The highest BCUT2D eigenvalue weighted by molar-refractivity contribution is 5.81. The van der Waals surface area contributed by atoms with Gasteiger partial charge in [-0.2, -0.15) is 0 Å². The molecule has 3 fully saturated rings. The molecular weight excluding hydrogens is 330 g/mol. The Morgan fingerprint density at radius 1 is 0.923 bits per heavy atom. The Morgan fingerprint density at radius 3 is 2.42 bits per heavy atom. The van der Waals surface area contributed by atoms with Crippen molar-refractivity contribution in [2.24, 2.45) is 11.8 Å². The van der Waals surface area contributed by atoms with Crippen LogP contribution in [-0.2, 0) is 9.53 Å². The van der Waals surface area contributed by atoms with E-state index in [0.717, 1.165) is 71.2 Å². The van der Waals surface area contributed by atoms with Crippen LogP contribution < -0.4 is 5.32 Å². The molecule has 3 amide bonds. The van der Waals surface area contributed by atoms with Crippen LogP contribution in [0.5, 0.6) is 0 Å². The van der Waals surface area contributed by atoms with Crippen LogP contribution in [0.4, 0.5) is 4.79 Å². The molecule has 6 heteroatoms. The van der Waals surface area contributed by atoms with Crippen LogP contribution in [-0.4, -0.2) is 67.7 Å². The number of carbonyl (C=O) groups excluding carboxylic acids is 2. The van der Waals surface area contributed by atoms with Crippen molar-refractivity contribution in [3.8, 4) is 0 Å². The standard InChI is InChI=1S/C20H35N3O3/c1-26-15-16-6-4-11-22(13-10-16)19(24)17-7-5-12-23(14-17)20(25)21-18-8-2-3-9-18/h16-18H,2-15H2,1H3,(H,21,25). The zero-order valence-electron chi connectivity index (χ0n) is 16.3. The van der Waals surface area contributed by atoms with Gasteiger partial charge in [0.25, 0.3) is 0 Å². The molecule has 1 N–H and O–H groups in total. The molecule has 0 aromatic rings. The lowest BCUT2D eigenvalue weighted by molar-refractivity contribution is -0.136. The van der Waals surface area contributed by atoms with Crippen LogP contribution in [0.2, 0.25) is 0 Å². The summed E-state index contributed by atoms with van der Waals surface area (Å²) in [6.45, 7) is 3.83. The first-order valence-corrected chi connectivity index (χ1v) is 10.5. The molecule has 6 nitrogen and oxygen atoms in total. The molecule has 0 radical (unpaired) electrons. The normalized spacial score (nSPS) is 28.0. The number of likely N-dealkylation sites (tertiary alicyclic amines) is 2. The van der Waals surface area contributed by atoms with E-state index in [1.54, 1.807) is 7.11 Å². The van der Waals surface area contributed by atoms with E-state index >= 15 is 0 Å². The van der Waals surface area contributed by atoms with Gasteiger partial charge in [0.1, 0.15) is 0 Å². The summed E-state index contributed by atoms with van der Waals surface area (Å²) in [6, 6.07) is 0.368. The summed E-state index contributed by atoms with van der Waals surface area (Å²) in [6.07, 6.45) is 9.67. The Labute approximate surface area is 157 Å². The number of carbonyl (C=O) groups is 2. The highest BCUT2D eigenvalue weighted by Gasteiger charge is 2.32. The molecular formula is C20H35N3O3. The van der Waals surface area contributed by atoms with Crippen molar-refractivity contribution in [2.75, 3.05) is 39.9 Å². The topological polar surface area (TPSA) is 61.9 Å². The van der Waals surface area contributed by atoms with Crippen LogP contribution >= 0.6 is 0 Å². The Balaban J connectivity index is 1.50. The Bertz CT molecular complexity index is 479. The van der Waals surface area contributed by atoms with Crippen molar-refractivity contribution < 1.29 is 14.3 Å². The number of hydrogen-bond acceptors (Lipinski definition) is 3. The van der Waals surface area contributed by atoms with Gasteiger partial charge in [-0.05, 0) is 50.9 Å². The number of amides is 3. The van der Waals surface area contributed by atoms with E-state index in [-0.39, 0.29) is 17.9 Å². The van der Waals surface area contributed by atoms with Gasteiger partial charge in [-0.3, -0.25) is 4.79 Å². The minimum absolute atomic E-state index is 0.0305. The van der Waals surface area contributed by atoms with E-state index in [1.165, 1.54) is 12.8 Å². The van der Waals surface area contributed by atoms with E-state index in [2.05, 4.69) is 5.32 Å². The number of piperidine rings is 1. The quantitative estimate of drug-likeness (QED) is 0.833. The predicted molar refractivity (Wildman–Crippen MR) is 101 cm³/mol. The number of ether oxygens (including phenoxy) is 1. The molecule has 2 unspecified atom stereocenters. The molecule has 1 saturated carbocycles. The third kappa shape index (κ3) is 5.12. The van der Waals surface area contributed by atoms with Gasteiger partial charge in [-0.1, -0.05) is 12.8 Å². The van der Waals surface area contributed by atoms with Crippen LogP contribution in [0.3, 0.4) is 0 Å². The maximum Gasteiger partial charge on any atom is 0.317 e. The molecule has 0 bridgehead atoms. The molecule has 26 heavy (non-hydrogen) atoms. The lowest BCUT2D eigenvalue weighted by atomic mass is 9.96. The summed E-state index contributed by atoms with van der Waals surface area (Å²) in [4.78, 5) is 29.5. The smallest absolute Gasteiger partial charge is 0.317 e. The Hall–Kier alpha value is -1.30. The van der Waals surface area contributed by atoms with E-state index in [0.29, 0.717) is 18.5 Å². The average Bonchev–Trinajstić information content (AvgIpc) is 3.05. The third-order valence-electron chi connectivity index (χ3n) is 6.30. The molecule has 2 atom stereocenters. The molecule has 1 aliphatic carbocycles. The molecule has 0 aromatic heterocycles. The Kier molecular flexibility index (Phi) is 7.17. The highest BCUT2D eigenvalue weighted by atomic mass is 16.5. The third-order valence-corrected chi connectivity index (χ3v) is 6.30. The minimum atomic E-state index is -0.0305. The van der Waals surface area contributed by atoms with Crippen LogP contribution in [0.15, 0.2) is 0 Å². The van der Waals surface area contributed by atoms with Gasteiger partial charge in [-0.15, -0.1) is 0 Å². The number of nitrogens with zero attached hydrogens (tertiary/aromatic N) is 2. The zero-order valence-corrected chi connectivity index (χ0v) is 16.3. The maximum atomic E-state index is 13.0. The number of methoxy groups -OCH3 is 1. The van der Waals surface area contributed by atoms with Crippen molar-refractivity contribution in [1.82, 2.24) is 15.1 Å². The minimum Gasteiger partial charge on any atom is -0.384 e. The average molecular weight is 366 g/mol. The van der Waals surface area contributed by atoms with Gasteiger partial charge >= 0.3 is 6.03 Å². The first kappa shape index (κ1) is 19.5. The molecule has 148 valence electrons. The summed E-state index contributed by atoms with van der Waals surface area (Å²) in [7, 11) is 1.75. The number of rotatable bonds is 4. The number of nitrogens with one attached hydrogen (secondary N) is 1. The van der Waals surface area contributed by atoms with Crippen molar-refractivity contribution in [1.29, 1.82) is 0 Å². The molecule has 3 aliphatic rings. The van der Waals surface area contributed by atoms with Crippen molar-refractivity contribution in [3.63, 3.8) is 0 Å². The zero-order chi connectivity index (χ0) is 18.4. The van der Waals surface area contributed by atoms with Gasteiger partial charge in [0.05, 0.1) is 5.92 Å². The second-order valence-electron chi connectivity index (χ2n) is 8.29. The monoisotopic (exact) mass is 365 g/mol. The van der Waals surface area contributed by atoms with Gasteiger partial charge < -0.3 is 19.9 Å². The number of urea groups is 1. The largest absolute Gasteiger partial charge is 0.384 e. The van der Waals surface area contributed by atoms with Crippen molar-refractivity contribution in [2.45, 2.75) is 63.8 Å². The lowest BCUT2D eigenvalue weighted by Crippen LogP contribution is -2.51. The summed E-state index contributed by atoms with van der Waals surface area (Å²) in [5.74, 6) is 0.788. The van der Waals surface area contributed by atoms with Crippen LogP contribution in [0.1, 0.15) is 57.8 Å². The second-order valence-corrected chi connectivity index (χ2v) is 8.29. The van der Waals surface area contributed by atoms with Crippen molar-refractivity contribution in [3.05, 3.63) is 0 Å². The molecule has 2 heterocycles. The summed E-state index contributed by atoms with van der Waals surface area (Å²) < 4.78 is 5.29. The second kappa shape index (κ2) is 9.58. The highest BCUT2D eigenvalue weighted by Crippen LogP contribution is 2.24. The van der Waals surface area contributed by atoms with Crippen LogP contribution in [0.25, 0.3) is 0 Å². The SMILES string of the molecule is COCC1CCCN(C(=O)C2CCCN(C(=O)NC3CCCC3)C2)CC1. The summed E-state index contributed by atoms with van der Waals surface area (Å²) in [5, 5.41) is 3.17. The van der Waals surface area contributed by atoms with Crippen molar-refractivity contribution >= 4 is 11.9 Å². The summed E-state index contributed by atoms with van der Waals surface area (Å²) in [5.41, 5.74) is 0. The molecule has 0 spiro atoms. The molecule has 2 aliphatic heterocycles. The lowest BCUT2D eigenvalue weighted by Gasteiger charge is -2.35. The fraction of sp³-hybridized carbons (Fsp3) is 0.900. The fourth-order valence-electron chi connectivity index (χ4n) is 4.75. The van der Waals surface area contributed by atoms with Gasteiger partial charge in [-0.25, -0.2) is 4.79 Å². The van der Waals surface area contributed by atoms with E-state index in [9.17, 15) is 9.59 Å². The van der Waals surface area contributed by atoms with E-state index in [4.69, 9.17) is 4.74 Å². The van der Waals surface area contributed by atoms with Crippen LogP contribution in [0, 0.1) is 11.8 Å². The van der Waals surface area contributed by atoms with Gasteiger partial charge in [0.2, 0.25) is 5.91 Å². The Morgan fingerprint density at radius 2 is 1.65 bits per heavy atom. The molecule has 3 rings (SSSR count). The first-order valence-electron chi connectivity index (χ1n) is 10.5. The van der Waals surface area contributed by atoms with E-state index < -0.39 is 0 Å².